The Bertz CT molecular complexity index is 1060. The van der Waals surface area contributed by atoms with E-state index in [0.29, 0.717) is 55.0 Å². The van der Waals surface area contributed by atoms with Gasteiger partial charge in [-0.15, -0.1) is 0 Å². The van der Waals surface area contributed by atoms with E-state index in [1.165, 1.54) is 4.90 Å². The third-order valence-electron chi connectivity index (χ3n) is 5.44. The fourth-order valence-electron chi connectivity index (χ4n) is 3.80. The molecule has 3 amide bonds. The molecule has 2 heterocycles. The highest BCUT2D eigenvalue weighted by atomic mass is 79.9. The zero-order chi connectivity index (χ0) is 22.9. The number of imide groups is 1. The van der Waals surface area contributed by atoms with Crippen LogP contribution in [0, 0.1) is 0 Å². The number of urea groups is 1. The molecule has 4 rings (SSSR count). The van der Waals surface area contributed by atoms with Crippen molar-refractivity contribution in [2.24, 2.45) is 0 Å². The van der Waals surface area contributed by atoms with Gasteiger partial charge in [-0.05, 0) is 56.2 Å². The van der Waals surface area contributed by atoms with Gasteiger partial charge in [0.15, 0.2) is 23.0 Å². The molecule has 2 aliphatic heterocycles. The summed E-state index contributed by atoms with van der Waals surface area (Å²) < 4.78 is 23.2. The number of carbonyl (C=O) groups excluding carboxylic acids is 2. The van der Waals surface area contributed by atoms with Gasteiger partial charge in [-0.2, -0.15) is 0 Å². The summed E-state index contributed by atoms with van der Waals surface area (Å²) in [5.74, 6) is 2.00. The Balaban J connectivity index is 1.62. The van der Waals surface area contributed by atoms with Crippen LogP contribution < -0.4 is 24.3 Å². The molecule has 0 unspecified atom stereocenters. The largest absolute Gasteiger partial charge is 0.490 e. The molecule has 0 aliphatic carbocycles. The van der Waals surface area contributed by atoms with Gasteiger partial charge in [0.25, 0.3) is 5.91 Å². The molecule has 0 radical (unpaired) electrons. The first-order chi connectivity index (χ1) is 15.4. The number of carbonyl (C=O) groups is 2. The van der Waals surface area contributed by atoms with Gasteiger partial charge in [0.1, 0.15) is 18.8 Å². The molecule has 1 N–H and O–H groups in total. The first-order valence-corrected chi connectivity index (χ1v) is 11.3. The van der Waals surface area contributed by atoms with E-state index in [2.05, 4.69) is 21.2 Å². The van der Waals surface area contributed by atoms with Crippen LogP contribution in [0.15, 0.2) is 34.8 Å². The molecule has 170 valence electrons. The van der Waals surface area contributed by atoms with Gasteiger partial charge in [0, 0.05) is 4.47 Å². The Hall–Kier alpha value is -2.94. The van der Waals surface area contributed by atoms with Crippen molar-refractivity contribution in [2.45, 2.75) is 32.9 Å². The maximum absolute atomic E-state index is 13.4. The summed E-state index contributed by atoms with van der Waals surface area (Å²) in [6.07, 6.45) is 0. The molecule has 2 aromatic rings. The summed E-state index contributed by atoms with van der Waals surface area (Å²) in [6.45, 7) is 7.42. The molecule has 8 nitrogen and oxygen atoms in total. The van der Waals surface area contributed by atoms with Crippen molar-refractivity contribution in [1.29, 1.82) is 0 Å². The first-order valence-electron chi connectivity index (χ1n) is 10.5. The lowest BCUT2D eigenvalue weighted by atomic mass is 9.91. The molecule has 0 saturated carbocycles. The van der Waals surface area contributed by atoms with E-state index in [-0.39, 0.29) is 12.5 Å². The maximum Gasteiger partial charge on any atom is 0.325 e. The number of amides is 3. The van der Waals surface area contributed by atoms with E-state index in [4.69, 9.17) is 18.9 Å². The molecular weight excluding hydrogens is 480 g/mol. The van der Waals surface area contributed by atoms with Crippen LogP contribution in [0.4, 0.5) is 4.79 Å². The van der Waals surface area contributed by atoms with Gasteiger partial charge < -0.3 is 24.3 Å². The number of hydrogen-bond acceptors (Lipinski definition) is 6. The third kappa shape index (κ3) is 3.97. The molecule has 2 aromatic carbocycles. The van der Waals surface area contributed by atoms with E-state index < -0.39 is 11.6 Å². The lowest BCUT2D eigenvalue weighted by Crippen LogP contribution is -2.41. The van der Waals surface area contributed by atoms with Crippen molar-refractivity contribution in [3.63, 3.8) is 0 Å². The van der Waals surface area contributed by atoms with Crippen LogP contribution in [-0.2, 0) is 16.9 Å². The summed E-state index contributed by atoms with van der Waals surface area (Å²) in [6, 6.07) is 8.40. The molecule has 1 atom stereocenters. The summed E-state index contributed by atoms with van der Waals surface area (Å²) >= 11 is 3.53. The second kappa shape index (κ2) is 8.90. The zero-order valence-electron chi connectivity index (χ0n) is 18.2. The molecule has 1 fully saturated rings. The Morgan fingerprint density at radius 3 is 2.38 bits per heavy atom. The van der Waals surface area contributed by atoms with Crippen molar-refractivity contribution in [1.82, 2.24) is 10.2 Å². The van der Waals surface area contributed by atoms with Gasteiger partial charge in [0.2, 0.25) is 0 Å². The number of nitrogens with one attached hydrogen (secondary N) is 1. The van der Waals surface area contributed by atoms with Crippen molar-refractivity contribution in [2.75, 3.05) is 26.4 Å². The van der Waals surface area contributed by atoms with Crippen molar-refractivity contribution >= 4 is 27.9 Å². The van der Waals surface area contributed by atoms with Gasteiger partial charge in [0.05, 0.1) is 19.8 Å². The summed E-state index contributed by atoms with van der Waals surface area (Å²) in [4.78, 5) is 27.4. The summed E-state index contributed by atoms with van der Waals surface area (Å²) in [5.41, 5.74) is 0.142. The van der Waals surface area contributed by atoms with Crippen LogP contribution >= 0.6 is 15.9 Å². The van der Waals surface area contributed by atoms with Crippen molar-refractivity contribution < 1.29 is 28.5 Å². The van der Waals surface area contributed by atoms with Gasteiger partial charge >= 0.3 is 6.03 Å². The SMILES string of the molecule is CCOc1cc(Br)c(CN2C(=O)N[C@@](C)(c3ccc4c(c3)OCCO4)C2=O)cc1OCC. The predicted octanol–water partition coefficient (Wildman–Crippen LogP) is 3.98. The number of nitrogens with zero attached hydrogens (tertiary/aromatic N) is 1. The number of halogens is 1. The van der Waals surface area contributed by atoms with Crippen LogP contribution in [0.25, 0.3) is 0 Å². The minimum absolute atomic E-state index is 0.0812. The van der Waals surface area contributed by atoms with Crippen LogP contribution in [-0.4, -0.2) is 43.3 Å². The molecule has 0 spiro atoms. The first kappa shape index (κ1) is 22.3. The van der Waals surface area contributed by atoms with E-state index in [1.807, 2.05) is 13.8 Å². The maximum atomic E-state index is 13.4. The Morgan fingerprint density at radius 1 is 1.03 bits per heavy atom. The lowest BCUT2D eigenvalue weighted by molar-refractivity contribution is -0.131. The number of benzene rings is 2. The van der Waals surface area contributed by atoms with Crippen LogP contribution in [0.1, 0.15) is 31.9 Å². The molecule has 2 aliphatic rings. The van der Waals surface area contributed by atoms with E-state index in [9.17, 15) is 9.59 Å². The summed E-state index contributed by atoms with van der Waals surface area (Å²) in [5, 5.41) is 2.83. The van der Waals surface area contributed by atoms with Crippen LogP contribution in [0.3, 0.4) is 0 Å². The number of hydrogen-bond donors (Lipinski definition) is 1. The Morgan fingerprint density at radius 2 is 1.69 bits per heavy atom. The normalized spacial score (nSPS) is 19.7. The molecule has 9 heteroatoms. The molecule has 1 saturated heterocycles. The van der Waals surface area contributed by atoms with E-state index >= 15 is 0 Å². The predicted molar refractivity (Wildman–Crippen MR) is 120 cm³/mol. The van der Waals surface area contributed by atoms with E-state index in [1.54, 1.807) is 37.3 Å². The number of fused-ring (bicyclic) bond motifs is 1. The Kier molecular flexibility index (Phi) is 6.19. The van der Waals surface area contributed by atoms with E-state index in [0.717, 1.165) is 10.0 Å². The highest BCUT2D eigenvalue weighted by Gasteiger charge is 2.49. The topological polar surface area (TPSA) is 86.3 Å². The average molecular weight is 505 g/mol. The van der Waals surface area contributed by atoms with Gasteiger partial charge in [-0.1, -0.05) is 22.0 Å². The molecule has 32 heavy (non-hydrogen) atoms. The summed E-state index contributed by atoms with van der Waals surface area (Å²) in [7, 11) is 0. The van der Waals surface area contributed by atoms with Crippen LogP contribution in [0.2, 0.25) is 0 Å². The third-order valence-corrected chi connectivity index (χ3v) is 6.17. The lowest BCUT2D eigenvalue weighted by Gasteiger charge is -2.25. The fraction of sp³-hybridized carbons (Fsp3) is 0.391. The van der Waals surface area contributed by atoms with Gasteiger partial charge in [-0.25, -0.2) is 4.79 Å². The minimum atomic E-state index is -1.21. The number of rotatable bonds is 7. The standard InChI is InChI=1S/C23H25BrN2O6/c1-4-29-18-10-14(16(24)12-20(18)30-5-2)13-26-21(27)23(3,25-22(26)28)15-6-7-17-19(11-15)32-9-8-31-17/h6-7,10-12H,4-5,8-9,13H2,1-3H3,(H,25,28)/t23-/m0/s1. The minimum Gasteiger partial charge on any atom is -0.490 e. The monoisotopic (exact) mass is 504 g/mol. The average Bonchev–Trinajstić information content (AvgIpc) is 3.00. The zero-order valence-corrected chi connectivity index (χ0v) is 19.8. The smallest absolute Gasteiger partial charge is 0.325 e. The highest BCUT2D eigenvalue weighted by molar-refractivity contribution is 9.10. The van der Waals surface area contributed by atoms with Crippen LogP contribution in [0.5, 0.6) is 23.0 Å². The second-order valence-corrected chi connectivity index (χ2v) is 8.42. The second-order valence-electron chi connectivity index (χ2n) is 7.56. The Labute approximate surface area is 194 Å². The van der Waals surface area contributed by atoms with Gasteiger partial charge in [-0.3, -0.25) is 9.69 Å². The quantitative estimate of drug-likeness (QED) is 0.573. The number of ether oxygens (including phenoxy) is 4. The molecule has 0 bridgehead atoms. The molecule has 0 aromatic heterocycles. The van der Waals surface area contributed by atoms with Crippen molar-refractivity contribution in [3.05, 3.63) is 45.9 Å². The van der Waals surface area contributed by atoms with Crippen molar-refractivity contribution in [3.8, 4) is 23.0 Å². The highest BCUT2D eigenvalue weighted by Crippen LogP contribution is 2.39. The fourth-order valence-corrected chi connectivity index (χ4v) is 4.24. The molecular formula is C23H25BrN2O6.